The van der Waals surface area contributed by atoms with Crippen molar-refractivity contribution >= 4 is 5.97 Å². The Kier molecular flexibility index (Phi) is 3.86. The highest BCUT2D eigenvalue weighted by Crippen LogP contribution is 2.10. The first-order valence-corrected chi connectivity index (χ1v) is 5.49. The van der Waals surface area contributed by atoms with E-state index < -0.39 is 0 Å². The lowest BCUT2D eigenvalue weighted by atomic mass is 10.2. The van der Waals surface area contributed by atoms with E-state index in [-0.39, 0.29) is 5.97 Å². The summed E-state index contributed by atoms with van der Waals surface area (Å²) in [5.41, 5.74) is 1.04. The Morgan fingerprint density at radius 3 is 2.65 bits per heavy atom. The van der Waals surface area contributed by atoms with E-state index in [0.717, 1.165) is 5.56 Å². The molecule has 2 aromatic rings. The summed E-state index contributed by atoms with van der Waals surface area (Å²) in [6.07, 6.45) is 4.49. The highest BCUT2D eigenvalue weighted by atomic mass is 16.5. The van der Waals surface area contributed by atoms with Gasteiger partial charge in [0.1, 0.15) is 5.75 Å². The molecule has 2 rings (SSSR count). The molecule has 0 atom stereocenters. The van der Waals surface area contributed by atoms with Crippen LogP contribution in [0.15, 0.2) is 54.9 Å². The molecule has 3 heteroatoms. The molecule has 0 spiro atoms. The van der Waals surface area contributed by atoms with Gasteiger partial charge in [-0.25, -0.2) is 0 Å². The van der Waals surface area contributed by atoms with Crippen molar-refractivity contribution in [3.05, 3.63) is 60.4 Å². The van der Waals surface area contributed by atoms with Gasteiger partial charge in [0.2, 0.25) is 0 Å². The number of pyridine rings is 1. The summed E-state index contributed by atoms with van der Waals surface area (Å²) in [5.74, 6) is 0.365. The van der Waals surface area contributed by atoms with Crippen molar-refractivity contribution in [1.82, 2.24) is 4.98 Å². The van der Waals surface area contributed by atoms with Crippen LogP contribution in [0.3, 0.4) is 0 Å². The van der Waals surface area contributed by atoms with Gasteiger partial charge in [-0.2, -0.15) is 0 Å². The van der Waals surface area contributed by atoms with E-state index in [1.54, 1.807) is 24.5 Å². The number of nitrogens with zero attached hydrogens (tertiary/aromatic N) is 1. The van der Waals surface area contributed by atoms with Gasteiger partial charge in [0.25, 0.3) is 0 Å². The minimum absolute atomic E-state index is 0.222. The molecule has 0 aliphatic heterocycles. The van der Waals surface area contributed by atoms with Gasteiger partial charge >= 0.3 is 5.97 Å². The Morgan fingerprint density at radius 2 is 1.94 bits per heavy atom. The summed E-state index contributed by atoms with van der Waals surface area (Å²) in [6, 6.07) is 12.9. The largest absolute Gasteiger partial charge is 0.427 e. The predicted octanol–water partition coefficient (Wildman–Crippen LogP) is 2.62. The predicted molar refractivity (Wildman–Crippen MR) is 64.6 cm³/mol. The first-order chi connectivity index (χ1) is 8.34. The number of hydrogen-bond acceptors (Lipinski definition) is 3. The Bertz CT molecular complexity index is 468. The van der Waals surface area contributed by atoms with Crippen molar-refractivity contribution in [2.24, 2.45) is 0 Å². The lowest BCUT2D eigenvalue weighted by Gasteiger charge is -2.03. The zero-order chi connectivity index (χ0) is 11.9. The fraction of sp³-hybridized carbons (Fsp3) is 0.143. The monoisotopic (exact) mass is 227 g/mol. The topological polar surface area (TPSA) is 39.2 Å². The summed E-state index contributed by atoms with van der Waals surface area (Å²) >= 11 is 0. The van der Waals surface area contributed by atoms with Crippen LogP contribution in [-0.4, -0.2) is 11.0 Å². The van der Waals surface area contributed by atoms with Gasteiger partial charge in [0.05, 0.1) is 6.42 Å². The molecule has 1 heterocycles. The molecule has 0 saturated heterocycles. The quantitative estimate of drug-likeness (QED) is 0.595. The van der Waals surface area contributed by atoms with E-state index in [9.17, 15) is 4.79 Å². The van der Waals surface area contributed by atoms with E-state index in [1.807, 2.05) is 30.3 Å². The van der Waals surface area contributed by atoms with Crippen LogP contribution < -0.4 is 4.74 Å². The zero-order valence-corrected chi connectivity index (χ0v) is 9.37. The molecule has 0 saturated carbocycles. The molecule has 0 fully saturated rings. The molecular weight excluding hydrogens is 214 g/mol. The fourth-order valence-corrected chi connectivity index (χ4v) is 1.46. The van der Waals surface area contributed by atoms with Crippen LogP contribution in [0.5, 0.6) is 5.75 Å². The second-order valence-electron chi connectivity index (χ2n) is 3.65. The van der Waals surface area contributed by atoms with Gasteiger partial charge in [-0.15, -0.1) is 0 Å². The summed E-state index contributed by atoms with van der Waals surface area (Å²) in [4.78, 5) is 15.5. The number of aryl methyl sites for hydroxylation is 1. The van der Waals surface area contributed by atoms with Crippen molar-refractivity contribution in [1.29, 1.82) is 0 Å². The number of carbonyl (C=O) groups is 1. The standard InChI is InChI=1S/C14H13NO2/c16-14(17-13-6-2-1-3-7-13)9-8-12-5-4-10-15-11-12/h1-7,10-11H,8-9H2. The average molecular weight is 227 g/mol. The normalized spacial score (nSPS) is 9.88. The molecule has 0 aliphatic carbocycles. The van der Waals surface area contributed by atoms with E-state index in [1.165, 1.54) is 0 Å². The molecule has 3 nitrogen and oxygen atoms in total. The van der Waals surface area contributed by atoms with Gasteiger partial charge < -0.3 is 4.74 Å². The van der Waals surface area contributed by atoms with Crippen molar-refractivity contribution in [2.45, 2.75) is 12.8 Å². The highest BCUT2D eigenvalue weighted by molar-refractivity contribution is 5.72. The number of benzene rings is 1. The lowest BCUT2D eigenvalue weighted by molar-refractivity contribution is -0.134. The van der Waals surface area contributed by atoms with E-state index in [0.29, 0.717) is 18.6 Å². The Morgan fingerprint density at radius 1 is 1.12 bits per heavy atom. The zero-order valence-electron chi connectivity index (χ0n) is 9.37. The molecule has 1 aromatic carbocycles. The molecule has 0 unspecified atom stereocenters. The third kappa shape index (κ3) is 3.72. The number of para-hydroxylation sites is 1. The van der Waals surface area contributed by atoms with Crippen LogP contribution in [-0.2, 0) is 11.2 Å². The first kappa shape index (κ1) is 11.3. The van der Waals surface area contributed by atoms with Crippen LogP contribution in [0, 0.1) is 0 Å². The third-order valence-corrected chi connectivity index (χ3v) is 2.32. The van der Waals surface area contributed by atoms with Gasteiger partial charge in [-0.05, 0) is 30.2 Å². The number of carbonyl (C=O) groups excluding carboxylic acids is 1. The number of aromatic nitrogens is 1. The maximum Gasteiger partial charge on any atom is 0.311 e. The molecule has 17 heavy (non-hydrogen) atoms. The summed E-state index contributed by atoms with van der Waals surface area (Å²) in [7, 11) is 0. The maximum atomic E-state index is 11.5. The highest BCUT2D eigenvalue weighted by Gasteiger charge is 2.04. The second kappa shape index (κ2) is 5.80. The van der Waals surface area contributed by atoms with Gasteiger partial charge in [-0.1, -0.05) is 24.3 Å². The number of esters is 1. The van der Waals surface area contributed by atoms with Crippen LogP contribution in [0.2, 0.25) is 0 Å². The molecular formula is C14H13NO2. The molecule has 0 amide bonds. The van der Waals surface area contributed by atoms with Gasteiger partial charge in [0.15, 0.2) is 0 Å². The molecule has 1 aromatic heterocycles. The van der Waals surface area contributed by atoms with E-state index in [4.69, 9.17) is 4.74 Å². The maximum absolute atomic E-state index is 11.5. The fourth-order valence-electron chi connectivity index (χ4n) is 1.46. The van der Waals surface area contributed by atoms with Gasteiger partial charge in [0, 0.05) is 12.4 Å². The number of ether oxygens (including phenoxy) is 1. The minimum atomic E-state index is -0.222. The number of hydrogen-bond donors (Lipinski definition) is 0. The van der Waals surface area contributed by atoms with Crippen LogP contribution in [0.25, 0.3) is 0 Å². The molecule has 0 N–H and O–H groups in total. The van der Waals surface area contributed by atoms with Crippen molar-refractivity contribution in [2.75, 3.05) is 0 Å². The average Bonchev–Trinajstić information content (AvgIpc) is 2.39. The third-order valence-electron chi connectivity index (χ3n) is 2.32. The SMILES string of the molecule is O=C(CCc1cccnc1)Oc1ccccc1. The van der Waals surface area contributed by atoms with Crippen LogP contribution in [0.1, 0.15) is 12.0 Å². The molecule has 0 bridgehead atoms. The first-order valence-electron chi connectivity index (χ1n) is 5.49. The van der Waals surface area contributed by atoms with Crippen molar-refractivity contribution < 1.29 is 9.53 Å². The van der Waals surface area contributed by atoms with E-state index in [2.05, 4.69) is 4.98 Å². The summed E-state index contributed by atoms with van der Waals surface area (Å²) in [5, 5.41) is 0. The lowest BCUT2D eigenvalue weighted by Crippen LogP contribution is -2.08. The summed E-state index contributed by atoms with van der Waals surface area (Å²) in [6.45, 7) is 0. The Labute approximate surface area is 100 Å². The Hall–Kier alpha value is -2.16. The summed E-state index contributed by atoms with van der Waals surface area (Å²) < 4.78 is 5.18. The smallest absolute Gasteiger partial charge is 0.311 e. The molecule has 86 valence electrons. The Balaban J connectivity index is 1.83. The number of rotatable bonds is 4. The molecule has 0 radical (unpaired) electrons. The second-order valence-corrected chi connectivity index (χ2v) is 3.65. The van der Waals surface area contributed by atoms with E-state index >= 15 is 0 Å². The van der Waals surface area contributed by atoms with Crippen LogP contribution >= 0.6 is 0 Å². The van der Waals surface area contributed by atoms with Crippen LogP contribution in [0.4, 0.5) is 0 Å². The molecule has 0 aliphatic rings. The minimum Gasteiger partial charge on any atom is -0.427 e. The van der Waals surface area contributed by atoms with Gasteiger partial charge in [-0.3, -0.25) is 9.78 Å². The van der Waals surface area contributed by atoms with Crippen molar-refractivity contribution in [3.8, 4) is 5.75 Å². The van der Waals surface area contributed by atoms with Crippen molar-refractivity contribution in [3.63, 3.8) is 0 Å².